The molecular weight excluding hydrogens is 1040 g/mol. The summed E-state index contributed by atoms with van der Waals surface area (Å²) in [6.45, 7) is 22.6. The van der Waals surface area contributed by atoms with Crippen LogP contribution in [0.4, 0.5) is 0 Å². The summed E-state index contributed by atoms with van der Waals surface area (Å²) in [6.07, 6.45) is 5.91. The molecule has 10 rings (SSSR count). The van der Waals surface area contributed by atoms with Gasteiger partial charge >= 0.3 is 21.1 Å². The third-order valence-electron chi connectivity index (χ3n) is 13.7. The molecule has 0 unspecified atom stereocenters. The summed E-state index contributed by atoms with van der Waals surface area (Å²) < 4.78 is 11.3. The van der Waals surface area contributed by atoms with Crippen LogP contribution in [-0.4, -0.2) is 19.1 Å². The molecule has 0 spiro atoms. The van der Waals surface area contributed by atoms with Crippen LogP contribution in [0.5, 0.6) is 11.5 Å². The largest absolute Gasteiger partial charge is 2.00 e. The van der Waals surface area contributed by atoms with E-state index in [9.17, 15) is 0 Å². The minimum absolute atomic E-state index is 0. The minimum Gasteiger partial charge on any atom is -0.503 e. The van der Waals surface area contributed by atoms with Crippen LogP contribution in [0.15, 0.2) is 158 Å². The monoisotopic (exact) mass is 1100 g/mol. The van der Waals surface area contributed by atoms with Crippen molar-refractivity contribution >= 4 is 21.8 Å². The van der Waals surface area contributed by atoms with E-state index >= 15 is 0 Å². The second-order valence-electron chi connectivity index (χ2n) is 19.8. The van der Waals surface area contributed by atoms with Crippen molar-refractivity contribution < 1.29 is 25.8 Å². The Kier molecular flexibility index (Phi) is 13.7. The molecular formula is C64H60N4OPt. The third-order valence-corrected chi connectivity index (χ3v) is 13.7. The van der Waals surface area contributed by atoms with Crippen molar-refractivity contribution in [1.82, 2.24) is 19.1 Å². The van der Waals surface area contributed by atoms with E-state index in [4.69, 9.17) is 14.7 Å². The maximum absolute atomic E-state index is 6.77. The summed E-state index contributed by atoms with van der Waals surface area (Å²) in [5, 5.41) is 2.20. The van der Waals surface area contributed by atoms with E-state index in [-0.39, 0.29) is 32.9 Å². The van der Waals surface area contributed by atoms with E-state index in [1.165, 1.54) is 66.9 Å². The van der Waals surface area contributed by atoms with Gasteiger partial charge in [-0.2, -0.15) is 6.07 Å². The number of ether oxygens (including phenoxy) is 1. The van der Waals surface area contributed by atoms with E-state index in [0.29, 0.717) is 23.3 Å². The van der Waals surface area contributed by atoms with Crippen LogP contribution in [0.1, 0.15) is 112 Å². The van der Waals surface area contributed by atoms with Gasteiger partial charge in [-0.15, -0.1) is 41.3 Å². The van der Waals surface area contributed by atoms with Crippen molar-refractivity contribution in [3.8, 4) is 67.8 Å². The molecule has 3 aromatic heterocycles. The summed E-state index contributed by atoms with van der Waals surface area (Å²) in [5.74, 6) is 4.07. The predicted octanol–water partition coefficient (Wildman–Crippen LogP) is 17.5. The Morgan fingerprint density at radius 3 is 1.79 bits per heavy atom. The van der Waals surface area contributed by atoms with E-state index in [1.807, 2.05) is 30.6 Å². The fourth-order valence-electron chi connectivity index (χ4n) is 10.3. The van der Waals surface area contributed by atoms with Gasteiger partial charge in [0.2, 0.25) is 0 Å². The Labute approximate surface area is 428 Å². The molecule has 0 saturated carbocycles. The molecule has 10 aromatic rings. The average Bonchev–Trinajstić information content (AvgIpc) is 3.96. The number of hydrogen-bond donors (Lipinski definition) is 0. The normalized spacial score (nSPS) is 11.7. The van der Waals surface area contributed by atoms with Crippen LogP contribution < -0.4 is 4.74 Å². The molecule has 0 saturated heterocycles. The quantitative estimate of drug-likeness (QED) is 0.115. The second kappa shape index (κ2) is 19.9. The van der Waals surface area contributed by atoms with E-state index in [0.717, 1.165) is 44.6 Å². The molecule has 0 fully saturated rings. The van der Waals surface area contributed by atoms with Crippen molar-refractivity contribution in [3.63, 3.8) is 0 Å². The van der Waals surface area contributed by atoms with Gasteiger partial charge in [0, 0.05) is 41.3 Å². The smallest absolute Gasteiger partial charge is 0.503 e. The zero-order valence-corrected chi connectivity index (χ0v) is 44.1. The van der Waals surface area contributed by atoms with Crippen molar-refractivity contribution in [3.05, 3.63) is 204 Å². The predicted molar refractivity (Wildman–Crippen MR) is 287 cm³/mol. The number of aromatic nitrogens is 4. The molecule has 5 nitrogen and oxygen atoms in total. The first-order valence-corrected chi connectivity index (χ1v) is 24.5. The Hall–Kier alpha value is -6.81. The SMILES string of the molecule is Cc1cccc(C)c1-c1ccc2c(c1)c1ccc(Oc3[c-]c(-c4nccn4-c4c(C(C)C)cc(-c5ccccc5)cc4C(C)C)ccc3)[c-]c1n2-c1cc(-c2c(C(C)C)cccc2C(C)C)ccn1.[Pt+2]. The maximum Gasteiger partial charge on any atom is 2.00 e. The molecule has 352 valence electrons. The Balaban J connectivity index is 0.00000608. The van der Waals surface area contributed by atoms with Crippen molar-refractivity contribution in [1.29, 1.82) is 0 Å². The first kappa shape index (κ1) is 48.2. The number of benzene rings is 7. The molecule has 0 aliphatic heterocycles. The Morgan fingerprint density at radius 1 is 0.486 bits per heavy atom. The van der Waals surface area contributed by atoms with Crippen molar-refractivity contribution in [2.45, 2.75) is 92.9 Å². The minimum atomic E-state index is 0. The summed E-state index contributed by atoms with van der Waals surface area (Å²) >= 11 is 0. The number of nitrogens with zero attached hydrogens (tertiary/aromatic N) is 4. The fourth-order valence-corrected chi connectivity index (χ4v) is 10.3. The number of rotatable bonds is 12. The van der Waals surface area contributed by atoms with Crippen LogP contribution in [0.2, 0.25) is 0 Å². The van der Waals surface area contributed by atoms with Crippen molar-refractivity contribution in [2.75, 3.05) is 0 Å². The first-order valence-electron chi connectivity index (χ1n) is 24.5. The Morgan fingerprint density at radius 2 is 1.11 bits per heavy atom. The second-order valence-corrected chi connectivity index (χ2v) is 19.8. The van der Waals surface area contributed by atoms with Gasteiger partial charge in [-0.25, -0.2) is 4.98 Å². The maximum atomic E-state index is 6.77. The molecule has 0 aliphatic rings. The van der Waals surface area contributed by atoms with E-state index in [2.05, 4.69) is 218 Å². The van der Waals surface area contributed by atoms with Gasteiger partial charge in [-0.1, -0.05) is 146 Å². The molecule has 0 atom stereocenters. The molecule has 70 heavy (non-hydrogen) atoms. The number of aryl methyl sites for hydroxylation is 2. The first-order chi connectivity index (χ1) is 33.4. The van der Waals surface area contributed by atoms with Crippen LogP contribution in [0.25, 0.3) is 78.1 Å². The van der Waals surface area contributed by atoms with Gasteiger partial charge in [-0.05, 0) is 140 Å². The van der Waals surface area contributed by atoms with Gasteiger partial charge in [0.15, 0.2) is 0 Å². The molecule has 6 heteroatoms. The van der Waals surface area contributed by atoms with Crippen LogP contribution in [0, 0.1) is 26.0 Å². The fraction of sp³-hybridized carbons (Fsp3) is 0.219. The number of hydrogen-bond acceptors (Lipinski definition) is 3. The molecule has 0 amide bonds. The van der Waals surface area contributed by atoms with Crippen LogP contribution in [-0.2, 0) is 21.1 Å². The van der Waals surface area contributed by atoms with Crippen molar-refractivity contribution in [2.24, 2.45) is 0 Å². The van der Waals surface area contributed by atoms with Crippen LogP contribution >= 0.6 is 0 Å². The standard InChI is InChI=1S/C64H60N4O.Pt/c1-39(2)52-23-16-24-53(40(3)4)62(52)47-29-30-65-60(37-47)68-58-28-25-46(61-43(9)17-14-18-44(61)10)34-57(58)54-27-26-51(38-59(54)68)69-50-22-15-21-48(33-50)64-66-31-32-67(64)63-55(41(5)6)35-49(36-56(63)42(7)8)45-19-12-11-13-20-45;/h11-32,34-37,39-42H,1-10H3;/q-2;+2. The third kappa shape index (κ3) is 8.97. The van der Waals surface area contributed by atoms with Gasteiger partial charge in [0.1, 0.15) is 5.82 Å². The molecule has 0 bridgehead atoms. The summed E-state index contributed by atoms with van der Waals surface area (Å²) in [4.78, 5) is 10.1. The zero-order chi connectivity index (χ0) is 48.1. The molecule has 7 aromatic carbocycles. The summed E-state index contributed by atoms with van der Waals surface area (Å²) in [7, 11) is 0. The Bertz CT molecular complexity index is 3440. The van der Waals surface area contributed by atoms with E-state index in [1.54, 1.807) is 0 Å². The molecule has 3 heterocycles. The van der Waals surface area contributed by atoms with E-state index < -0.39 is 0 Å². The van der Waals surface area contributed by atoms with Gasteiger partial charge in [-0.3, -0.25) is 4.98 Å². The average molecular weight is 1100 g/mol. The molecule has 0 radical (unpaired) electrons. The van der Waals surface area contributed by atoms with Gasteiger partial charge in [0.25, 0.3) is 0 Å². The number of fused-ring (bicyclic) bond motifs is 3. The zero-order valence-electron chi connectivity index (χ0n) is 41.8. The summed E-state index contributed by atoms with van der Waals surface area (Å²) in [6, 6.07) is 57.4. The molecule has 0 N–H and O–H groups in total. The van der Waals surface area contributed by atoms with Gasteiger partial charge in [0.05, 0.1) is 5.82 Å². The van der Waals surface area contributed by atoms with Crippen LogP contribution in [0.3, 0.4) is 0 Å². The van der Waals surface area contributed by atoms with Gasteiger partial charge < -0.3 is 13.9 Å². The summed E-state index contributed by atoms with van der Waals surface area (Å²) in [5.41, 5.74) is 19.0. The number of pyridine rings is 1. The topological polar surface area (TPSA) is 44.9 Å². The molecule has 0 aliphatic carbocycles. The number of imidazole rings is 1.